The van der Waals surface area contributed by atoms with E-state index < -0.39 is 24.4 Å². The summed E-state index contributed by atoms with van der Waals surface area (Å²) in [5, 5.41) is 20.4. The number of aliphatic hydroxyl groups is 1. The first-order valence-corrected chi connectivity index (χ1v) is 16.4. The van der Waals surface area contributed by atoms with Crippen molar-refractivity contribution < 1.29 is 48.2 Å². The molecule has 2 aromatic rings. The molecule has 0 bridgehead atoms. The standard InChI is InChI=1S/C35H52N2O10/c1-25(19-42-3)20-44-21-26-6-9-28(10-7-26)34-32(17-37(35(39)40)18-33(34)47-24-29(38)23-43-4)46-22-27-8-11-31-30(16-27)36(13-15-45-31)12-5-14-41-2/h6-11,16,25,29,32-34,38H,5,12-15,17-24H2,1-4H3,(H,39,40)/t25-,29-,32-,33+,34+/m0/s1. The summed E-state index contributed by atoms with van der Waals surface area (Å²) in [4.78, 5) is 15.9. The number of carboxylic acid groups (broad SMARTS) is 1. The van der Waals surface area contributed by atoms with Crippen molar-refractivity contribution in [3.63, 3.8) is 0 Å². The van der Waals surface area contributed by atoms with Crippen LogP contribution in [-0.4, -0.2) is 127 Å². The van der Waals surface area contributed by atoms with Gasteiger partial charge in [0.15, 0.2) is 0 Å². The van der Waals surface area contributed by atoms with Gasteiger partial charge in [-0.15, -0.1) is 0 Å². The molecule has 262 valence electrons. The minimum atomic E-state index is -1.05. The summed E-state index contributed by atoms with van der Waals surface area (Å²) in [5.41, 5.74) is 3.97. The van der Waals surface area contributed by atoms with E-state index in [-0.39, 0.29) is 38.8 Å². The summed E-state index contributed by atoms with van der Waals surface area (Å²) < 4.78 is 40.1. The Balaban J connectivity index is 1.53. The fourth-order valence-electron chi connectivity index (χ4n) is 6.14. The number of amides is 1. The van der Waals surface area contributed by atoms with Crippen LogP contribution in [0.1, 0.15) is 36.0 Å². The van der Waals surface area contributed by atoms with E-state index in [4.69, 9.17) is 33.2 Å². The molecule has 0 saturated carbocycles. The minimum Gasteiger partial charge on any atom is -0.490 e. The van der Waals surface area contributed by atoms with Crippen molar-refractivity contribution in [3.8, 4) is 5.75 Å². The van der Waals surface area contributed by atoms with Gasteiger partial charge in [-0.25, -0.2) is 4.79 Å². The molecule has 4 rings (SSSR count). The van der Waals surface area contributed by atoms with Gasteiger partial charge in [0.2, 0.25) is 0 Å². The van der Waals surface area contributed by atoms with Crippen molar-refractivity contribution in [1.82, 2.24) is 4.90 Å². The summed E-state index contributed by atoms with van der Waals surface area (Å²) in [6.07, 6.45) is -2.04. The van der Waals surface area contributed by atoms with Gasteiger partial charge in [-0.05, 0) is 35.2 Å². The number of hydrogen-bond acceptors (Lipinski definition) is 10. The highest BCUT2D eigenvalue weighted by Crippen LogP contribution is 2.36. The predicted molar refractivity (Wildman–Crippen MR) is 176 cm³/mol. The molecule has 0 radical (unpaired) electrons. The molecular formula is C35H52N2O10. The highest BCUT2D eigenvalue weighted by molar-refractivity contribution is 5.65. The molecule has 1 amide bonds. The SMILES string of the molecule is COCCCN1CCOc2ccc(CO[C@H]3CN(C(=O)O)C[C@@H](OC[C@@H](O)COC)[C@@H]3c3ccc(COC[C@@H](C)COC)cc3)cc21. The zero-order chi connectivity index (χ0) is 33.6. The maximum Gasteiger partial charge on any atom is 0.407 e. The van der Waals surface area contributed by atoms with E-state index in [0.29, 0.717) is 39.0 Å². The van der Waals surface area contributed by atoms with Gasteiger partial charge in [-0.2, -0.15) is 0 Å². The number of carbonyl (C=O) groups is 1. The molecule has 0 unspecified atom stereocenters. The summed E-state index contributed by atoms with van der Waals surface area (Å²) in [5.74, 6) is 0.846. The Bertz CT molecular complexity index is 1220. The van der Waals surface area contributed by atoms with E-state index in [1.807, 2.05) is 36.4 Å². The van der Waals surface area contributed by atoms with E-state index in [0.717, 1.165) is 47.6 Å². The molecule has 1 saturated heterocycles. The van der Waals surface area contributed by atoms with Gasteiger partial charge in [-0.1, -0.05) is 37.3 Å². The van der Waals surface area contributed by atoms with Gasteiger partial charge in [0.25, 0.3) is 0 Å². The molecule has 2 N–H and O–H groups in total. The van der Waals surface area contributed by atoms with E-state index in [1.165, 1.54) is 12.0 Å². The second kappa shape index (κ2) is 19.1. The lowest BCUT2D eigenvalue weighted by atomic mass is 9.84. The van der Waals surface area contributed by atoms with Gasteiger partial charge < -0.3 is 53.2 Å². The zero-order valence-corrected chi connectivity index (χ0v) is 28.2. The molecule has 2 aliphatic rings. The Morgan fingerprint density at radius 3 is 2.34 bits per heavy atom. The highest BCUT2D eigenvalue weighted by atomic mass is 16.5. The summed E-state index contributed by atoms with van der Waals surface area (Å²) >= 11 is 0. The molecule has 0 spiro atoms. The molecule has 5 atom stereocenters. The van der Waals surface area contributed by atoms with Gasteiger partial charge in [0.1, 0.15) is 18.5 Å². The molecule has 2 aliphatic heterocycles. The first-order chi connectivity index (χ1) is 22.8. The number of methoxy groups -OCH3 is 3. The Morgan fingerprint density at radius 1 is 0.915 bits per heavy atom. The van der Waals surface area contributed by atoms with Crippen molar-refractivity contribution in [2.75, 3.05) is 92.0 Å². The molecule has 2 heterocycles. The average molecular weight is 661 g/mol. The van der Waals surface area contributed by atoms with Gasteiger partial charge >= 0.3 is 6.09 Å². The topological polar surface area (TPSA) is 129 Å². The van der Waals surface area contributed by atoms with Crippen LogP contribution in [0.3, 0.4) is 0 Å². The lowest BCUT2D eigenvalue weighted by Crippen LogP contribution is -2.54. The van der Waals surface area contributed by atoms with Crippen LogP contribution in [0.5, 0.6) is 5.75 Å². The van der Waals surface area contributed by atoms with Crippen LogP contribution in [0.2, 0.25) is 0 Å². The van der Waals surface area contributed by atoms with Crippen LogP contribution in [-0.2, 0) is 41.6 Å². The zero-order valence-electron chi connectivity index (χ0n) is 28.2. The Kier molecular flexibility index (Phi) is 15.0. The third kappa shape index (κ3) is 11.0. The van der Waals surface area contributed by atoms with E-state index in [1.54, 1.807) is 14.2 Å². The maximum absolute atomic E-state index is 12.2. The number of likely N-dealkylation sites (tertiary alicyclic amines) is 1. The molecule has 12 nitrogen and oxygen atoms in total. The number of aliphatic hydroxyl groups excluding tert-OH is 1. The third-order valence-corrected chi connectivity index (χ3v) is 8.44. The summed E-state index contributed by atoms with van der Waals surface area (Å²) in [6.45, 7) is 7.47. The van der Waals surface area contributed by atoms with Gasteiger partial charge in [0, 0.05) is 46.3 Å². The Hall–Kier alpha value is -2.97. The first kappa shape index (κ1) is 36.9. The second-order valence-electron chi connectivity index (χ2n) is 12.3. The summed E-state index contributed by atoms with van der Waals surface area (Å²) in [6, 6.07) is 14.2. The number of benzene rings is 2. The molecule has 0 aliphatic carbocycles. The normalized spacial score (nSPS) is 20.8. The monoisotopic (exact) mass is 660 g/mol. The number of ether oxygens (including phenoxy) is 7. The fraction of sp³-hybridized carbons (Fsp3) is 0.629. The molecule has 12 heteroatoms. The van der Waals surface area contributed by atoms with Crippen molar-refractivity contribution in [3.05, 3.63) is 59.2 Å². The van der Waals surface area contributed by atoms with Gasteiger partial charge in [0.05, 0.1) is 77.2 Å². The molecule has 2 aromatic carbocycles. The van der Waals surface area contributed by atoms with Crippen LogP contribution in [0.25, 0.3) is 0 Å². The second-order valence-corrected chi connectivity index (χ2v) is 12.3. The van der Waals surface area contributed by atoms with Crippen LogP contribution in [0.4, 0.5) is 10.5 Å². The predicted octanol–water partition coefficient (Wildman–Crippen LogP) is 3.78. The van der Waals surface area contributed by atoms with Crippen LogP contribution in [0.15, 0.2) is 42.5 Å². The summed E-state index contributed by atoms with van der Waals surface area (Å²) in [7, 11) is 4.90. The smallest absolute Gasteiger partial charge is 0.407 e. The number of rotatable bonds is 19. The Morgan fingerprint density at radius 2 is 1.64 bits per heavy atom. The highest BCUT2D eigenvalue weighted by Gasteiger charge is 2.41. The Labute approximate surface area is 278 Å². The lowest BCUT2D eigenvalue weighted by Gasteiger charge is -2.43. The van der Waals surface area contributed by atoms with Crippen molar-refractivity contribution in [2.24, 2.45) is 5.92 Å². The largest absolute Gasteiger partial charge is 0.490 e. The number of hydrogen-bond donors (Lipinski definition) is 2. The average Bonchev–Trinajstić information content (AvgIpc) is 3.07. The van der Waals surface area contributed by atoms with Crippen LogP contribution in [0, 0.1) is 5.92 Å². The van der Waals surface area contributed by atoms with E-state index in [2.05, 4.69) is 17.9 Å². The third-order valence-electron chi connectivity index (χ3n) is 8.44. The fourth-order valence-corrected chi connectivity index (χ4v) is 6.14. The molecule has 47 heavy (non-hydrogen) atoms. The van der Waals surface area contributed by atoms with E-state index >= 15 is 0 Å². The van der Waals surface area contributed by atoms with Crippen molar-refractivity contribution in [2.45, 2.75) is 50.8 Å². The molecular weight excluding hydrogens is 608 g/mol. The molecule has 0 aromatic heterocycles. The van der Waals surface area contributed by atoms with Crippen molar-refractivity contribution >= 4 is 11.8 Å². The lowest BCUT2D eigenvalue weighted by molar-refractivity contribution is -0.107. The van der Waals surface area contributed by atoms with Crippen LogP contribution >= 0.6 is 0 Å². The number of nitrogens with zero attached hydrogens (tertiary/aromatic N) is 2. The minimum absolute atomic E-state index is 0.00446. The molecule has 1 fully saturated rings. The number of piperidine rings is 1. The van der Waals surface area contributed by atoms with Crippen molar-refractivity contribution in [1.29, 1.82) is 0 Å². The van der Waals surface area contributed by atoms with Gasteiger partial charge in [-0.3, -0.25) is 0 Å². The number of anilines is 1. The quantitative estimate of drug-likeness (QED) is 0.214. The van der Waals surface area contributed by atoms with E-state index in [9.17, 15) is 15.0 Å². The van der Waals surface area contributed by atoms with Crippen LogP contribution < -0.4 is 9.64 Å². The number of fused-ring (bicyclic) bond motifs is 1. The first-order valence-electron chi connectivity index (χ1n) is 16.4. The maximum atomic E-state index is 12.2.